The lowest BCUT2D eigenvalue weighted by Gasteiger charge is -2.24. The monoisotopic (exact) mass is 433 g/mol. The van der Waals surface area contributed by atoms with Gasteiger partial charge in [0.1, 0.15) is 5.69 Å². The van der Waals surface area contributed by atoms with Gasteiger partial charge in [-0.15, -0.1) is 5.11 Å². The van der Waals surface area contributed by atoms with E-state index in [4.69, 9.17) is 16.9 Å². The lowest BCUT2D eigenvalue weighted by molar-refractivity contribution is -0.384. The molecule has 0 aliphatic heterocycles. The fourth-order valence-corrected chi connectivity index (χ4v) is 3.21. The lowest BCUT2D eigenvalue weighted by atomic mass is 10.1. The van der Waals surface area contributed by atoms with Crippen molar-refractivity contribution < 1.29 is 4.92 Å². The number of hydrogen-bond acceptors (Lipinski definition) is 6. The van der Waals surface area contributed by atoms with E-state index < -0.39 is 4.92 Å². The van der Waals surface area contributed by atoms with Gasteiger partial charge in [-0.2, -0.15) is 10.4 Å². The smallest absolute Gasteiger partial charge is 0.271 e. The van der Waals surface area contributed by atoms with Crippen molar-refractivity contribution >= 4 is 34.4 Å². The summed E-state index contributed by atoms with van der Waals surface area (Å²) >= 11 is 6.05. The van der Waals surface area contributed by atoms with Crippen LogP contribution in [-0.4, -0.2) is 18.0 Å². The van der Waals surface area contributed by atoms with Crippen LogP contribution in [0.1, 0.15) is 12.0 Å². The quantitative estimate of drug-likeness (QED) is 0.215. The van der Waals surface area contributed by atoms with E-state index in [9.17, 15) is 10.1 Å². The van der Waals surface area contributed by atoms with Crippen LogP contribution in [0, 0.1) is 21.4 Å². The highest BCUT2D eigenvalue weighted by Gasteiger charge is 2.09. The summed E-state index contributed by atoms with van der Waals surface area (Å²) in [6.07, 6.45) is 1.32. The molecule has 3 aromatic rings. The van der Waals surface area contributed by atoms with E-state index in [1.54, 1.807) is 0 Å². The third kappa shape index (κ3) is 6.36. The number of nitro groups is 1. The first-order chi connectivity index (χ1) is 15.1. The SMILES string of the molecule is N#CCCN(CCc1ccccc1)c1ccc(N=Nc2ccc([N+](=O)[O-])cc2Cl)cc1. The van der Waals surface area contributed by atoms with Gasteiger partial charge >= 0.3 is 0 Å². The fraction of sp³-hybridized carbons (Fsp3) is 0.174. The largest absolute Gasteiger partial charge is 0.370 e. The van der Waals surface area contributed by atoms with Gasteiger partial charge in [-0.05, 0) is 42.3 Å². The Balaban J connectivity index is 1.69. The van der Waals surface area contributed by atoms with Crippen LogP contribution in [0.2, 0.25) is 5.02 Å². The van der Waals surface area contributed by atoms with E-state index >= 15 is 0 Å². The molecule has 8 heteroatoms. The maximum Gasteiger partial charge on any atom is 0.271 e. The Morgan fingerprint density at radius 1 is 1.00 bits per heavy atom. The van der Waals surface area contributed by atoms with Gasteiger partial charge in [0.15, 0.2) is 0 Å². The molecule has 3 aromatic carbocycles. The minimum Gasteiger partial charge on any atom is -0.370 e. The average Bonchev–Trinajstić information content (AvgIpc) is 2.79. The first-order valence-corrected chi connectivity index (χ1v) is 10.1. The Bertz CT molecular complexity index is 1100. The molecule has 0 amide bonds. The highest BCUT2D eigenvalue weighted by Crippen LogP contribution is 2.30. The van der Waals surface area contributed by atoms with E-state index in [-0.39, 0.29) is 10.7 Å². The van der Waals surface area contributed by atoms with E-state index in [1.165, 1.54) is 23.8 Å². The van der Waals surface area contributed by atoms with Crippen LogP contribution in [-0.2, 0) is 6.42 Å². The van der Waals surface area contributed by atoms with Crippen molar-refractivity contribution in [2.24, 2.45) is 10.2 Å². The first-order valence-electron chi connectivity index (χ1n) is 9.68. The van der Waals surface area contributed by atoms with Crippen molar-refractivity contribution in [3.8, 4) is 6.07 Å². The minimum absolute atomic E-state index is 0.0960. The maximum absolute atomic E-state index is 10.8. The van der Waals surface area contributed by atoms with Gasteiger partial charge in [0.05, 0.1) is 28.1 Å². The van der Waals surface area contributed by atoms with Crippen molar-refractivity contribution in [1.82, 2.24) is 0 Å². The molecule has 7 nitrogen and oxygen atoms in total. The summed E-state index contributed by atoms with van der Waals surface area (Å²) < 4.78 is 0. The van der Waals surface area contributed by atoms with Crippen LogP contribution in [0.3, 0.4) is 0 Å². The Hall–Kier alpha value is -3.76. The second-order valence-corrected chi connectivity index (χ2v) is 7.15. The van der Waals surface area contributed by atoms with Crippen LogP contribution in [0.5, 0.6) is 0 Å². The van der Waals surface area contributed by atoms with E-state index in [1.807, 2.05) is 42.5 Å². The molecule has 0 spiro atoms. The van der Waals surface area contributed by atoms with Crippen LogP contribution in [0.4, 0.5) is 22.7 Å². The molecular formula is C23H20ClN5O2. The number of nitrogens with zero attached hydrogens (tertiary/aromatic N) is 5. The van der Waals surface area contributed by atoms with Crippen LogP contribution < -0.4 is 4.90 Å². The third-order valence-electron chi connectivity index (χ3n) is 4.64. The topological polar surface area (TPSA) is 94.9 Å². The number of rotatable bonds is 9. The Morgan fingerprint density at radius 2 is 1.74 bits per heavy atom. The van der Waals surface area contributed by atoms with Gasteiger partial charge in [-0.3, -0.25) is 10.1 Å². The highest BCUT2D eigenvalue weighted by molar-refractivity contribution is 6.33. The Morgan fingerprint density at radius 3 is 2.39 bits per heavy atom. The van der Waals surface area contributed by atoms with Crippen molar-refractivity contribution in [3.05, 3.63) is 93.5 Å². The number of nitro benzene ring substituents is 1. The molecule has 0 unspecified atom stereocenters. The molecule has 0 saturated heterocycles. The summed E-state index contributed by atoms with van der Waals surface area (Å²) in [5.41, 5.74) is 3.13. The zero-order valence-corrected chi connectivity index (χ0v) is 17.4. The molecule has 0 aromatic heterocycles. The summed E-state index contributed by atoms with van der Waals surface area (Å²) in [7, 11) is 0. The number of benzene rings is 3. The number of anilines is 1. The van der Waals surface area contributed by atoms with Gasteiger partial charge in [0.25, 0.3) is 5.69 Å². The van der Waals surface area contributed by atoms with Gasteiger partial charge in [-0.25, -0.2) is 0 Å². The molecule has 31 heavy (non-hydrogen) atoms. The van der Waals surface area contributed by atoms with Gasteiger partial charge in [0.2, 0.25) is 0 Å². The summed E-state index contributed by atoms with van der Waals surface area (Å²) in [4.78, 5) is 12.5. The number of azo groups is 1. The van der Waals surface area contributed by atoms with E-state index in [2.05, 4.69) is 33.3 Å². The first kappa shape index (κ1) is 21.9. The molecule has 156 valence electrons. The number of non-ortho nitro benzene ring substituents is 1. The van der Waals surface area contributed by atoms with Crippen molar-refractivity contribution in [2.75, 3.05) is 18.0 Å². The van der Waals surface area contributed by atoms with Crippen molar-refractivity contribution in [1.29, 1.82) is 5.26 Å². The Labute approximate surface area is 185 Å². The molecule has 0 saturated carbocycles. The molecule has 3 rings (SSSR count). The normalized spacial score (nSPS) is 10.7. The fourth-order valence-electron chi connectivity index (χ4n) is 3.00. The van der Waals surface area contributed by atoms with E-state index in [0.29, 0.717) is 24.3 Å². The third-order valence-corrected chi connectivity index (χ3v) is 4.94. The molecule has 0 bridgehead atoms. The van der Waals surface area contributed by atoms with E-state index in [0.717, 1.165) is 18.7 Å². The van der Waals surface area contributed by atoms with Crippen molar-refractivity contribution in [2.45, 2.75) is 12.8 Å². The molecule has 0 heterocycles. The molecule has 0 radical (unpaired) electrons. The molecule has 0 fully saturated rings. The van der Waals surface area contributed by atoms with Crippen LogP contribution >= 0.6 is 11.6 Å². The zero-order chi connectivity index (χ0) is 22.1. The van der Waals surface area contributed by atoms with Crippen LogP contribution in [0.15, 0.2) is 83.0 Å². The van der Waals surface area contributed by atoms with Crippen molar-refractivity contribution in [3.63, 3.8) is 0 Å². The molecule has 0 atom stereocenters. The molecule has 0 aliphatic rings. The van der Waals surface area contributed by atoms with Gasteiger partial charge < -0.3 is 4.90 Å². The summed E-state index contributed by atoms with van der Waals surface area (Å²) in [6, 6.07) is 24.0. The zero-order valence-electron chi connectivity index (χ0n) is 16.7. The predicted octanol–water partition coefficient (Wildman–Crippen LogP) is 6.63. The lowest BCUT2D eigenvalue weighted by Crippen LogP contribution is -2.26. The highest BCUT2D eigenvalue weighted by atomic mass is 35.5. The number of hydrogen-bond donors (Lipinski definition) is 0. The van der Waals surface area contributed by atoms with Gasteiger partial charge in [0, 0.05) is 30.9 Å². The number of nitriles is 1. The summed E-state index contributed by atoms with van der Waals surface area (Å²) in [6.45, 7) is 1.44. The minimum atomic E-state index is -0.513. The van der Waals surface area contributed by atoms with Gasteiger partial charge in [-0.1, -0.05) is 41.9 Å². The second-order valence-electron chi connectivity index (χ2n) is 6.74. The summed E-state index contributed by atoms with van der Waals surface area (Å²) in [5, 5.41) is 28.2. The standard InChI is InChI=1S/C23H20ClN5O2/c24-22-17-21(29(30)31)11-12-23(22)27-26-19-7-9-20(10-8-19)28(15-4-14-25)16-13-18-5-2-1-3-6-18/h1-3,5-12,17H,4,13,15-16H2. The maximum atomic E-state index is 10.8. The molecule has 0 aliphatic carbocycles. The predicted molar refractivity (Wildman–Crippen MR) is 121 cm³/mol. The summed E-state index contributed by atoms with van der Waals surface area (Å²) in [5.74, 6) is 0. The second kappa shape index (κ2) is 10.9. The Kier molecular flexibility index (Phi) is 7.68. The van der Waals surface area contributed by atoms with Crippen LogP contribution in [0.25, 0.3) is 0 Å². The molecule has 0 N–H and O–H groups in total. The number of halogens is 1. The average molecular weight is 434 g/mol. The molecular weight excluding hydrogens is 414 g/mol.